The van der Waals surface area contributed by atoms with Gasteiger partial charge in [-0.15, -0.1) is 0 Å². The average Bonchev–Trinajstić information content (AvgIpc) is 2.67. The Morgan fingerprint density at radius 2 is 1.21 bits per heavy atom. The maximum atomic E-state index is 12.1. The molecule has 0 unspecified atom stereocenters. The van der Waals surface area contributed by atoms with Crippen molar-refractivity contribution in [3.05, 3.63) is 59.7 Å². The van der Waals surface area contributed by atoms with Crippen molar-refractivity contribution in [1.29, 1.82) is 0 Å². The maximum absolute atomic E-state index is 12.1. The van der Waals surface area contributed by atoms with E-state index in [9.17, 15) is 22.8 Å². The van der Waals surface area contributed by atoms with Crippen molar-refractivity contribution >= 4 is 39.2 Å². The van der Waals surface area contributed by atoms with Gasteiger partial charge in [0.15, 0.2) is 0 Å². The molecule has 0 radical (unpaired) electrons. The number of sulfonamides is 1. The third kappa shape index (κ3) is 5.81. The molecule has 0 atom stereocenters. The summed E-state index contributed by atoms with van der Waals surface area (Å²) in [6, 6.07) is 11.3. The molecule has 28 heavy (non-hydrogen) atoms. The summed E-state index contributed by atoms with van der Waals surface area (Å²) in [6.45, 7) is 0. The smallest absolute Gasteiger partial charge is 0.337 e. The van der Waals surface area contributed by atoms with Gasteiger partial charge in [-0.1, -0.05) is 0 Å². The number of hydrogen-bond acceptors (Lipinski definition) is 7. The number of methoxy groups -OCH3 is 2. The first-order chi connectivity index (χ1) is 13.2. The largest absolute Gasteiger partial charge is 0.465 e. The van der Waals surface area contributed by atoms with Crippen LogP contribution in [-0.2, 0) is 24.3 Å². The monoisotopic (exact) mass is 406 g/mol. The predicted molar refractivity (Wildman–Crippen MR) is 102 cm³/mol. The van der Waals surface area contributed by atoms with Gasteiger partial charge in [0, 0.05) is 11.4 Å². The fourth-order valence-corrected chi connectivity index (χ4v) is 3.17. The highest BCUT2D eigenvalue weighted by Crippen LogP contribution is 2.13. The standard InChI is InChI=1S/C18H18N2O7S/c1-26-17(22)12-3-7-14(8-4-12)19-16(21)11-28(24,25)20-15-9-5-13(6-10-15)18(23)27-2/h3-10,20H,11H2,1-2H3,(H,19,21). The number of carbonyl (C=O) groups excluding carboxylic acids is 3. The topological polar surface area (TPSA) is 128 Å². The number of esters is 2. The number of rotatable bonds is 7. The molecule has 0 aliphatic carbocycles. The van der Waals surface area contributed by atoms with Gasteiger partial charge in [-0.05, 0) is 48.5 Å². The molecule has 1 amide bonds. The van der Waals surface area contributed by atoms with E-state index in [1.54, 1.807) is 0 Å². The lowest BCUT2D eigenvalue weighted by molar-refractivity contribution is -0.113. The molecule has 2 rings (SSSR count). The second-order valence-corrected chi connectivity index (χ2v) is 7.27. The van der Waals surface area contributed by atoms with Crippen molar-refractivity contribution in [3.63, 3.8) is 0 Å². The summed E-state index contributed by atoms with van der Waals surface area (Å²) >= 11 is 0. The van der Waals surface area contributed by atoms with Gasteiger partial charge in [0.2, 0.25) is 15.9 Å². The van der Waals surface area contributed by atoms with E-state index in [4.69, 9.17) is 0 Å². The lowest BCUT2D eigenvalue weighted by Crippen LogP contribution is -2.27. The number of nitrogens with one attached hydrogen (secondary N) is 2. The van der Waals surface area contributed by atoms with Gasteiger partial charge in [0.25, 0.3) is 0 Å². The minimum Gasteiger partial charge on any atom is -0.465 e. The summed E-state index contributed by atoms with van der Waals surface area (Å²) < 4.78 is 35.6. The first-order valence-electron chi connectivity index (χ1n) is 7.91. The van der Waals surface area contributed by atoms with Crippen LogP contribution < -0.4 is 10.0 Å². The molecule has 9 nitrogen and oxygen atoms in total. The molecule has 0 saturated heterocycles. The van der Waals surface area contributed by atoms with E-state index >= 15 is 0 Å². The highest BCUT2D eigenvalue weighted by atomic mass is 32.2. The summed E-state index contributed by atoms with van der Waals surface area (Å²) in [5, 5.41) is 2.43. The lowest BCUT2D eigenvalue weighted by atomic mass is 10.2. The molecule has 0 fully saturated rings. The Morgan fingerprint density at radius 1 is 0.786 bits per heavy atom. The van der Waals surface area contributed by atoms with Gasteiger partial charge in [-0.2, -0.15) is 0 Å². The Bertz CT molecular complexity index is 968. The number of hydrogen-bond donors (Lipinski definition) is 2. The first kappa shape index (κ1) is 20.9. The van der Waals surface area contributed by atoms with Crippen LogP contribution in [0.4, 0.5) is 11.4 Å². The molecule has 2 aromatic carbocycles. The lowest BCUT2D eigenvalue weighted by Gasteiger charge is -2.09. The van der Waals surface area contributed by atoms with Crippen LogP contribution in [0.2, 0.25) is 0 Å². The van der Waals surface area contributed by atoms with E-state index in [0.717, 1.165) is 0 Å². The highest BCUT2D eigenvalue weighted by Gasteiger charge is 2.17. The van der Waals surface area contributed by atoms with Gasteiger partial charge >= 0.3 is 11.9 Å². The van der Waals surface area contributed by atoms with E-state index in [1.165, 1.54) is 62.8 Å². The molecular weight excluding hydrogens is 388 g/mol. The van der Waals surface area contributed by atoms with Crippen molar-refractivity contribution in [2.24, 2.45) is 0 Å². The Morgan fingerprint density at radius 3 is 1.64 bits per heavy atom. The molecule has 2 N–H and O–H groups in total. The number of ether oxygens (including phenoxy) is 2. The fourth-order valence-electron chi connectivity index (χ4n) is 2.18. The zero-order chi connectivity index (χ0) is 20.7. The molecule has 10 heteroatoms. The molecule has 2 aromatic rings. The minimum absolute atomic E-state index is 0.197. The molecule has 148 valence electrons. The molecule has 0 aromatic heterocycles. The van der Waals surface area contributed by atoms with Crippen LogP contribution in [0.15, 0.2) is 48.5 Å². The molecule has 0 aliphatic heterocycles. The van der Waals surface area contributed by atoms with E-state index < -0.39 is 33.6 Å². The second-order valence-electron chi connectivity index (χ2n) is 5.55. The van der Waals surface area contributed by atoms with Crippen LogP contribution in [0, 0.1) is 0 Å². The van der Waals surface area contributed by atoms with Gasteiger partial charge in [-0.3, -0.25) is 9.52 Å². The normalized spacial score (nSPS) is 10.6. The quantitative estimate of drug-likeness (QED) is 0.669. The van der Waals surface area contributed by atoms with Gasteiger partial charge < -0.3 is 14.8 Å². The summed E-state index contributed by atoms with van der Waals surface area (Å²) in [5.74, 6) is -2.65. The second kappa shape index (κ2) is 9.00. The predicted octanol–water partition coefficient (Wildman–Crippen LogP) is 1.64. The number of anilines is 2. The van der Waals surface area contributed by atoms with E-state index in [-0.39, 0.29) is 11.3 Å². The zero-order valence-electron chi connectivity index (χ0n) is 15.1. The van der Waals surface area contributed by atoms with Crippen LogP contribution in [0.5, 0.6) is 0 Å². The fraction of sp³-hybridized carbons (Fsp3) is 0.167. The van der Waals surface area contributed by atoms with Gasteiger partial charge in [0.1, 0.15) is 5.75 Å². The molecular formula is C18H18N2O7S. The number of amides is 1. The summed E-state index contributed by atoms with van der Waals surface area (Å²) in [4.78, 5) is 34.7. The van der Waals surface area contributed by atoms with Gasteiger partial charge in [0.05, 0.1) is 25.3 Å². The molecule has 0 spiro atoms. The van der Waals surface area contributed by atoms with Crippen LogP contribution in [-0.4, -0.2) is 46.2 Å². The molecule has 0 aliphatic rings. The minimum atomic E-state index is -3.97. The van der Waals surface area contributed by atoms with Crippen LogP contribution in [0.25, 0.3) is 0 Å². The van der Waals surface area contributed by atoms with E-state index in [0.29, 0.717) is 11.3 Å². The van der Waals surface area contributed by atoms with Crippen LogP contribution in [0.1, 0.15) is 20.7 Å². The Balaban J connectivity index is 1.96. The van der Waals surface area contributed by atoms with Crippen molar-refractivity contribution < 1.29 is 32.3 Å². The van der Waals surface area contributed by atoms with Crippen molar-refractivity contribution in [2.45, 2.75) is 0 Å². The number of carbonyl (C=O) groups is 3. The maximum Gasteiger partial charge on any atom is 0.337 e. The molecule has 0 heterocycles. The van der Waals surface area contributed by atoms with Crippen molar-refractivity contribution in [1.82, 2.24) is 0 Å². The highest BCUT2D eigenvalue weighted by molar-refractivity contribution is 7.93. The average molecular weight is 406 g/mol. The summed E-state index contributed by atoms with van der Waals surface area (Å²) in [7, 11) is -1.48. The van der Waals surface area contributed by atoms with Crippen LogP contribution in [0.3, 0.4) is 0 Å². The van der Waals surface area contributed by atoms with Crippen molar-refractivity contribution in [3.8, 4) is 0 Å². The summed E-state index contributed by atoms with van der Waals surface area (Å²) in [6.07, 6.45) is 0. The van der Waals surface area contributed by atoms with E-state index in [1.807, 2.05) is 0 Å². The summed E-state index contributed by atoms with van der Waals surface area (Å²) in [5.41, 5.74) is 1.09. The first-order valence-corrected chi connectivity index (χ1v) is 9.56. The Kier molecular flexibility index (Phi) is 6.72. The Labute approximate surface area is 161 Å². The Hall–Kier alpha value is -3.40. The number of benzene rings is 2. The molecule has 0 bridgehead atoms. The third-order valence-electron chi connectivity index (χ3n) is 3.49. The SMILES string of the molecule is COC(=O)c1ccc(NC(=O)CS(=O)(=O)Nc2ccc(C(=O)OC)cc2)cc1. The third-order valence-corrected chi connectivity index (χ3v) is 4.68. The zero-order valence-corrected chi connectivity index (χ0v) is 15.9. The van der Waals surface area contributed by atoms with Gasteiger partial charge in [-0.25, -0.2) is 18.0 Å². The van der Waals surface area contributed by atoms with Crippen molar-refractivity contribution in [2.75, 3.05) is 30.0 Å². The van der Waals surface area contributed by atoms with E-state index in [2.05, 4.69) is 19.5 Å². The molecule has 0 saturated carbocycles. The van der Waals surface area contributed by atoms with Crippen LogP contribution >= 0.6 is 0 Å².